The lowest BCUT2D eigenvalue weighted by molar-refractivity contribution is -0.155. The van der Waals surface area contributed by atoms with Gasteiger partial charge in [-0.1, -0.05) is 55.2 Å². The van der Waals surface area contributed by atoms with Crippen LogP contribution in [-0.4, -0.2) is 34.1 Å². The van der Waals surface area contributed by atoms with Gasteiger partial charge in [0.05, 0.1) is 5.41 Å². The Kier molecular flexibility index (Phi) is 8.02. The minimum absolute atomic E-state index is 0.0983. The predicted molar refractivity (Wildman–Crippen MR) is 136 cm³/mol. The van der Waals surface area contributed by atoms with Crippen LogP contribution in [0, 0.1) is 16.7 Å². The number of nitrogens with one attached hydrogen (secondary N) is 2. The van der Waals surface area contributed by atoms with Gasteiger partial charge in [-0.05, 0) is 55.0 Å². The van der Waals surface area contributed by atoms with E-state index in [1.54, 1.807) is 51.1 Å². The number of carboxylic acid groups (broad SMARTS) is 2. The summed E-state index contributed by atoms with van der Waals surface area (Å²) in [5.74, 6) is -3.11. The monoisotopic (exact) mass is 520 g/mol. The number of carbonyl (C=O) groups excluding carboxylic acids is 1. The van der Waals surface area contributed by atoms with Gasteiger partial charge in [-0.25, -0.2) is 4.79 Å². The van der Waals surface area contributed by atoms with Crippen LogP contribution >= 0.6 is 23.2 Å². The summed E-state index contributed by atoms with van der Waals surface area (Å²) in [6.45, 7) is 5.59. The first-order chi connectivity index (χ1) is 16.4. The summed E-state index contributed by atoms with van der Waals surface area (Å²) >= 11 is 12.4. The minimum Gasteiger partial charge on any atom is -0.481 e. The Morgan fingerprint density at radius 1 is 1.03 bits per heavy atom. The maximum absolute atomic E-state index is 13.0. The third-order valence-electron chi connectivity index (χ3n) is 7.55. The standard InChI is InChI=1S/C26H30Cl2N2O5/c1-25(2)18(11-12-26(25,3)24(34)35)22(31)30-21(23(32)33)13-15-7-9-16(10-8-15)29-14-17-19(27)5-4-6-20(17)28/h4-10,18,21,29H,11-14H2,1-3H3,(H,30,31)(H,32,33)(H,34,35)/t18?,21-,26?/m0/s1. The molecule has 1 aliphatic carbocycles. The summed E-state index contributed by atoms with van der Waals surface area (Å²) in [5, 5.41) is 26.4. The first-order valence-electron chi connectivity index (χ1n) is 11.4. The molecule has 0 aliphatic heterocycles. The molecule has 2 aromatic rings. The van der Waals surface area contributed by atoms with E-state index in [-0.39, 0.29) is 6.42 Å². The van der Waals surface area contributed by atoms with Gasteiger partial charge >= 0.3 is 11.9 Å². The van der Waals surface area contributed by atoms with Gasteiger partial charge in [0.15, 0.2) is 0 Å². The van der Waals surface area contributed by atoms with Gasteiger partial charge in [0.25, 0.3) is 0 Å². The van der Waals surface area contributed by atoms with Crippen molar-refractivity contribution in [2.45, 2.75) is 52.6 Å². The molecule has 4 N–H and O–H groups in total. The molecule has 0 aromatic heterocycles. The molecule has 1 fully saturated rings. The van der Waals surface area contributed by atoms with Crippen LogP contribution in [-0.2, 0) is 27.3 Å². The number of carbonyl (C=O) groups is 3. The lowest BCUT2D eigenvalue weighted by Crippen LogP contribution is -2.49. The number of halogens is 2. The fraction of sp³-hybridized carbons (Fsp3) is 0.423. The first-order valence-corrected chi connectivity index (χ1v) is 12.1. The molecule has 9 heteroatoms. The fourth-order valence-corrected chi connectivity index (χ4v) is 5.23. The average Bonchev–Trinajstić information content (AvgIpc) is 3.03. The highest BCUT2D eigenvalue weighted by molar-refractivity contribution is 6.36. The zero-order valence-electron chi connectivity index (χ0n) is 19.9. The molecule has 188 valence electrons. The molecule has 3 rings (SSSR count). The summed E-state index contributed by atoms with van der Waals surface area (Å²) < 4.78 is 0. The first kappa shape index (κ1) is 26.8. The van der Waals surface area contributed by atoms with Gasteiger partial charge in [-0.3, -0.25) is 9.59 Å². The van der Waals surface area contributed by atoms with Gasteiger partial charge < -0.3 is 20.8 Å². The van der Waals surface area contributed by atoms with Crippen LogP contribution in [0.15, 0.2) is 42.5 Å². The summed E-state index contributed by atoms with van der Waals surface area (Å²) in [5.41, 5.74) is 0.456. The molecule has 3 atom stereocenters. The van der Waals surface area contributed by atoms with Crippen molar-refractivity contribution in [3.63, 3.8) is 0 Å². The molecule has 0 heterocycles. The number of amides is 1. The highest BCUT2D eigenvalue weighted by atomic mass is 35.5. The second-order valence-corrected chi connectivity index (χ2v) is 10.6. The van der Waals surface area contributed by atoms with Gasteiger partial charge in [0, 0.05) is 40.2 Å². The highest BCUT2D eigenvalue weighted by Crippen LogP contribution is 2.56. The number of hydrogen-bond donors (Lipinski definition) is 4. The van der Waals surface area contributed by atoms with Gasteiger partial charge in [-0.15, -0.1) is 0 Å². The average molecular weight is 521 g/mol. The molecule has 0 saturated heterocycles. The Bertz CT molecular complexity index is 1100. The summed E-state index contributed by atoms with van der Waals surface area (Å²) in [6, 6.07) is 11.4. The number of aliphatic carboxylic acids is 2. The van der Waals surface area contributed by atoms with E-state index in [2.05, 4.69) is 10.6 Å². The molecule has 1 saturated carbocycles. The third-order valence-corrected chi connectivity index (χ3v) is 8.26. The van der Waals surface area contributed by atoms with Crippen LogP contribution < -0.4 is 10.6 Å². The van der Waals surface area contributed by atoms with Crippen LogP contribution in [0.2, 0.25) is 10.0 Å². The molecule has 7 nitrogen and oxygen atoms in total. The van der Waals surface area contributed by atoms with Crippen molar-refractivity contribution < 1.29 is 24.6 Å². The van der Waals surface area contributed by atoms with Crippen molar-refractivity contribution in [3.05, 3.63) is 63.6 Å². The van der Waals surface area contributed by atoms with Crippen molar-refractivity contribution in [3.8, 4) is 0 Å². The number of rotatable bonds is 9. The molecule has 0 bridgehead atoms. The Morgan fingerprint density at radius 3 is 2.14 bits per heavy atom. The largest absolute Gasteiger partial charge is 0.481 e. The van der Waals surface area contributed by atoms with Crippen LogP contribution in [0.3, 0.4) is 0 Å². The molecule has 35 heavy (non-hydrogen) atoms. The number of hydrogen-bond acceptors (Lipinski definition) is 4. The normalized spacial score (nSPS) is 21.8. The van der Waals surface area contributed by atoms with Crippen molar-refractivity contribution >= 4 is 46.7 Å². The van der Waals surface area contributed by atoms with E-state index < -0.39 is 40.6 Å². The number of carboxylic acids is 2. The topological polar surface area (TPSA) is 116 Å². The molecular weight excluding hydrogens is 491 g/mol. The van der Waals surface area contributed by atoms with Gasteiger partial charge in [-0.2, -0.15) is 0 Å². The highest BCUT2D eigenvalue weighted by Gasteiger charge is 2.58. The third kappa shape index (κ3) is 5.57. The summed E-state index contributed by atoms with van der Waals surface area (Å²) in [7, 11) is 0. The second kappa shape index (κ2) is 10.5. The zero-order valence-corrected chi connectivity index (χ0v) is 21.4. The Morgan fingerprint density at radius 2 is 1.63 bits per heavy atom. The molecule has 0 spiro atoms. The maximum Gasteiger partial charge on any atom is 0.326 e. The quantitative estimate of drug-likeness (QED) is 0.359. The molecule has 2 aromatic carbocycles. The van der Waals surface area contributed by atoms with Crippen LogP contribution in [0.25, 0.3) is 0 Å². The minimum atomic E-state index is -1.15. The van der Waals surface area contributed by atoms with E-state index >= 15 is 0 Å². The Labute approximate surface area is 214 Å². The molecule has 0 radical (unpaired) electrons. The lowest BCUT2D eigenvalue weighted by Gasteiger charge is -2.38. The predicted octanol–water partition coefficient (Wildman–Crippen LogP) is 5.24. The lowest BCUT2D eigenvalue weighted by atomic mass is 9.65. The van der Waals surface area contributed by atoms with Crippen molar-refractivity contribution in [2.24, 2.45) is 16.7 Å². The zero-order chi connectivity index (χ0) is 26.0. The van der Waals surface area contributed by atoms with Crippen molar-refractivity contribution in [1.29, 1.82) is 0 Å². The number of anilines is 1. The summed E-state index contributed by atoms with van der Waals surface area (Å²) in [4.78, 5) is 36.7. The van der Waals surface area contributed by atoms with E-state index in [4.69, 9.17) is 23.2 Å². The van der Waals surface area contributed by atoms with E-state index in [0.29, 0.717) is 29.4 Å². The smallest absolute Gasteiger partial charge is 0.326 e. The van der Waals surface area contributed by atoms with Crippen LogP contribution in [0.5, 0.6) is 0 Å². The van der Waals surface area contributed by atoms with Crippen LogP contribution in [0.1, 0.15) is 44.7 Å². The molecule has 1 amide bonds. The molecule has 1 aliphatic rings. The van der Waals surface area contributed by atoms with Crippen LogP contribution in [0.4, 0.5) is 5.69 Å². The second-order valence-electron chi connectivity index (χ2n) is 9.80. The fourth-order valence-electron chi connectivity index (χ4n) is 4.70. The Hall–Kier alpha value is -2.77. The Balaban J connectivity index is 1.64. The van der Waals surface area contributed by atoms with E-state index in [0.717, 1.165) is 16.8 Å². The van der Waals surface area contributed by atoms with Crippen molar-refractivity contribution in [2.75, 3.05) is 5.32 Å². The van der Waals surface area contributed by atoms with Gasteiger partial charge in [0.1, 0.15) is 6.04 Å². The molecule has 2 unspecified atom stereocenters. The maximum atomic E-state index is 13.0. The van der Waals surface area contributed by atoms with E-state index in [1.807, 2.05) is 12.1 Å². The van der Waals surface area contributed by atoms with E-state index in [9.17, 15) is 24.6 Å². The van der Waals surface area contributed by atoms with E-state index in [1.165, 1.54) is 0 Å². The SMILES string of the molecule is CC1(C(=O)O)CCC(C(=O)N[C@@H](Cc2ccc(NCc3c(Cl)cccc3Cl)cc2)C(=O)O)C1(C)C. The number of benzene rings is 2. The summed E-state index contributed by atoms with van der Waals surface area (Å²) in [6.07, 6.45) is 0.851. The van der Waals surface area contributed by atoms with Crippen molar-refractivity contribution in [1.82, 2.24) is 5.32 Å². The van der Waals surface area contributed by atoms with Gasteiger partial charge in [0.2, 0.25) is 5.91 Å². The molecular formula is C26H30Cl2N2O5.